The van der Waals surface area contributed by atoms with E-state index in [1.165, 1.54) is 6.92 Å². The number of alkyl halides is 1. The maximum atomic E-state index is 11.2. The van der Waals surface area contributed by atoms with Gasteiger partial charge in [-0.1, -0.05) is 28.1 Å². The summed E-state index contributed by atoms with van der Waals surface area (Å²) in [5.74, 6) is -0.153. The van der Waals surface area contributed by atoms with Gasteiger partial charge in [-0.15, -0.1) is 0 Å². The summed E-state index contributed by atoms with van der Waals surface area (Å²) in [6.45, 7) is 1.39. The van der Waals surface area contributed by atoms with Crippen molar-refractivity contribution in [2.24, 2.45) is 0 Å². The van der Waals surface area contributed by atoms with Crippen molar-refractivity contribution < 1.29 is 9.72 Å². The first-order chi connectivity index (χ1) is 6.95. The molecule has 0 bridgehead atoms. The van der Waals surface area contributed by atoms with Crippen molar-refractivity contribution in [2.75, 3.05) is 0 Å². The van der Waals surface area contributed by atoms with E-state index in [0.717, 1.165) is 0 Å². The zero-order valence-corrected chi connectivity index (χ0v) is 11.5. The first kappa shape index (κ1) is 12.6. The van der Waals surface area contributed by atoms with Crippen LogP contribution < -0.4 is 0 Å². The molecule has 0 amide bonds. The number of hydrogen-bond acceptors (Lipinski definition) is 3. The molecule has 0 spiro atoms. The lowest BCUT2D eigenvalue weighted by Gasteiger charge is -2.07. The van der Waals surface area contributed by atoms with Crippen LogP contribution in [0.3, 0.4) is 0 Å². The molecule has 1 aromatic rings. The van der Waals surface area contributed by atoms with E-state index in [9.17, 15) is 14.9 Å². The average molecular weight is 384 g/mol. The van der Waals surface area contributed by atoms with Crippen LogP contribution in [0.4, 0.5) is 5.69 Å². The van der Waals surface area contributed by atoms with E-state index in [2.05, 4.69) is 15.9 Å². The summed E-state index contributed by atoms with van der Waals surface area (Å²) in [4.78, 5) is 20.9. The van der Waals surface area contributed by atoms with Gasteiger partial charge >= 0.3 is 0 Å². The van der Waals surface area contributed by atoms with Crippen molar-refractivity contribution in [2.45, 2.75) is 11.8 Å². The number of halogens is 2. The topological polar surface area (TPSA) is 60.2 Å². The molecule has 4 nitrogen and oxygen atoms in total. The van der Waals surface area contributed by atoms with Crippen LogP contribution in [0.2, 0.25) is 0 Å². The van der Waals surface area contributed by atoms with Crippen molar-refractivity contribution in [3.05, 3.63) is 37.4 Å². The number of carbonyl (C=O) groups excluding carboxylic acids is 1. The molecule has 0 saturated heterocycles. The predicted molar refractivity (Wildman–Crippen MR) is 68.2 cm³/mol. The maximum absolute atomic E-state index is 11.2. The quantitative estimate of drug-likeness (QED) is 0.348. The Balaban J connectivity index is 3.35. The second-order valence-corrected chi connectivity index (χ2v) is 4.99. The third-order valence-electron chi connectivity index (χ3n) is 1.83. The van der Waals surface area contributed by atoms with E-state index in [1.54, 1.807) is 18.2 Å². The number of nitrogens with zero attached hydrogens (tertiary/aromatic N) is 1. The summed E-state index contributed by atoms with van der Waals surface area (Å²) >= 11 is 5.03. The largest absolute Gasteiger partial charge is 0.298 e. The SMILES string of the molecule is CC(=O)C(Br)c1cccc(I)c1[N+](=O)[O-]. The molecule has 0 aliphatic heterocycles. The van der Waals surface area contributed by atoms with Crippen LogP contribution in [0.1, 0.15) is 17.3 Å². The van der Waals surface area contributed by atoms with Gasteiger partial charge in [0.2, 0.25) is 0 Å². The molecular weight excluding hydrogens is 377 g/mol. The highest BCUT2D eigenvalue weighted by Crippen LogP contribution is 2.34. The van der Waals surface area contributed by atoms with Gasteiger partial charge in [-0.2, -0.15) is 0 Å². The third-order valence-corrected chi connectivity index (χ3v) is 3.84. The van der Waals surface area contributed by atoms with Gasteiger partial charge in [0.05, 0.1) is 14.1 Å². The number of hydrogen-bond donors (Lipinski definition) is 0. The molecule has 1 unspecified atom stereocenters. The highest BCUT2D eigenvalue weighted by atomic mass is 127. The molecule has 0 radical (unpaired) electrons. The smallest absolute Gasteiger partial charge is 0.287 e. The number of ketones is 1. The van der Waals surface area contributed by atoms with Crippen LogP contribution in [-0.2, 0) is 4.79 Å². The van der Waals surface area contributed by atoms with E-state index >= 15 is 0 Å². The summed E-state index contributed by atoms with van der Waals surface area (Å²) < 4.78 is 0.529. The van der Waals surface area contributed by atoms with Crippen molar-refractivity contribution in [3.63, 3.8) is 0 Å². The van der Waals surface area contributed by atoms with E-state index < -0.39 is 9.75 Å². The van der Waals surface area contributed by atoms with E-state index in [0.29, 0.717) is 9.13 Å². The van der Waals surface area contributed by atoms with E-state index in [4.69, 9.17) is 0 Å². The van der Waals surface area contributed by atoms with Crippen molar-refractivity contribution in [3.8, 4) is 0 Å². The summed E-state index contributed by atoms with van der Waals surface area (Å²) in [6, 6.07) is 4.92. The van der Waals surface area contributed by atoms with Gasteiger partial charge in [0.15, 0.2) is 0 Å². The van der Waals surface area contributed by atoms with Crippen LogP contribution in [-0.4, -0.2) is 10.7 Å². The average Bonchev–Trinajstić information content (AvgIpc) is 2.15. The molecule has 0 aliphatic carbocycles. The first-order valence-corrected chi connectivity index (χ1v) is 6.02. The van der Waals surface area contributed by atoms with E-state index in [-0.39, 0.29) is 11.5 Å². The molecule has 0 fully saturated rings. The number of Topliss-reactive ketones (excluding diaryl/α,β-unsaturated/α-hetero) is 1. The van der Waals surface area contributed by atoms with Gasteiger partial charge in [0, 0.05) is 0 Å². The van der Waals surface area contributed by atoms with Crippen LogP contribution in [0.25, 0.3) is 0 Å². The predicted octanol–water partition coefficient (Wildman–Crippen LogP) is 3.22. The number of carbonyl (C=O) groups is 1. The first-order valence-electron chi connectivity index (χ1n) is 4.02. The number of benzene rings is 1. The zero-order chi connectivity index (χ0) is 11.6. The molecule has 0 saturated carbocycles. The number of rotatable bonds is 3. The molecule has 0 N–H and O–H groups in total. The van der Waals surface area contributed by atoms with Crippen LogP contribution >= 0.6 is 38.5 Å². The molecule has 1 aromatic carbocycles. The summed E-state index contributed by atoms with van der Waals surface area (Å²) in [5, 5.41) is 10.8. The van der Waals surface area contributed by atoms with Gasteiger partial charge in [-0.3, -0.25) is 14.9 Å². The molecule has 0 heterocycles. The minimum atomic E-state index is -0.618. The third kappa shape index (κ3) is 2.75. The second-order valence-electron chi connectivity index (χ2n) is 2.91. The Morgan fingerprint density at radius 1 is 1.60 bits per heavy atom. The standard InChI is InChI=1S/C9H7BrINO3/c1-5(13)8(10)6-3-2-4-7(11)9(6)12(14)15/h2-4,8H,1H3. The number of nitro groups is 1. The number of para-hydroxylation sites is 1. The molecule has 1 atom stereocenters. The fourth-order valence-electron chi connectivity index (χ4n) is 1.15. The van der Waals surface area contributed by atoms with Gasteiger partial charge < -0.3 is 0 Å². The summed E-state index contributed by atoms with van der Waals surface area (Å²) in [7, 11) is 0. The zero-order valence-electron chi connectivity index (χ0n) is 7.74. The van der Waals surface area contributed by atoms with E-state index in [1.807, 2.05) is 22.6 Å². The monoisotopic (exact) mass is 383 g/mol. The Morgan fingerprint density at radius 2 is 2.20 bits per heavy atom. The second kappa shape index (κ2) is 5.02. The molecule has 6 heteroatoms. The van der Waals surface area contributed by atoms with Gasteiger partial charge in [0.1, 0.15) is 10.6 Å². The Bertz CT molecular complexity index is 422. The minimum Gasteiger partial charge on any atom is -0.298 e. The fraction of sp³-hybridized carbons (Fsp3) is 0.222. The molecule has 0 aliphatic rings. The summed E-state index contributed by atoms with van der Waals surface area (Å²) in [6.07, 6.45) is 0. The molecule has 0 aromatic heterocycles. The number of nitro benzene ring substituents is 1. The lowest BCUT2D eigenvalue weighted by Crippen LogP contribution is -2.05. The lowest BCUT2D eigenvalue weighted by molar-refractivity contribution is -0.386. The summed E-state index contributed by atoms with van der Waals surface area (Å²) in [5.41, 5.74) is 0.398. The molecular formula is C9H7BrINO3. The van der Waals surface area contributed by atoms with Gasteiger partial charge in [-0.05, 0) is 35.6 Å². The highest BCUT2D eigenvalue weighted by molar-refractivity contribution is 14.1. The molecule has 80 valence electrons. The Hall–Kier alpha value is -0.500. The fourth-order valence-corrected chi connectivity index (χ4v) is 2.23. The maximum Gasteiger partial charge on any atom is 0.287 e. The minimum absolute atomic E-state index is 0.00447. The molecule has 1 rings (SSSR count). The Labute approximate surface area is 108 Å². The molecule has 15 heavy (non-hydrogen) atoms. The highest BCUT2D eigenvalue weighted by Gasteiger charge is 2.25. The van der Waals surface area contributed by atoms with Crippen molar-refractivity contribution >= 4 is 50.0 Å². The Morgan fingerprint density at radius 3 is 2.67 bits per heavy atom. The van der Waals surface area contributed by atoms with Crippen LogP contribution in [0, 0.1) is 13.7 Å². The Kier molecular flexibility index (Phi) is 4.21. The lowest BCUT2D eigenvalue weighted by atomic mass is 10.1. The normalized spacial score (nSPS) is 12.2. The van der Waals surface area contributed by atoms with Crippen LogP contribution in [0.5, 0.6) is 0 Å². The van der Waals surface area contributed by atoms with Crippen molar-refractivity contribution in [1.29, 1.82) is 0 Å². The van der Waals surface area contributed by atoms with Crippen LogP contribution in [0.15, 0.2) is 18.2 Å². The van der Waals surface area contributed by atoms with Crippen molar-refractivity contribution in [1.82, 2.24) is 0 Å². The van der Waals surface area contributed by atoms with Gasteiger partial charge in [-0.25, -0.2) is 0 Å². The van der Waals surface area contributed by atoms with Gasteiger partial charge in [0.25, 0.3) is 5.69 Å².